The molecule has 1 aliphatic rings. The lowest BCUT2D eigenvalue weighted by Crippen LogP contribution is -2.32. The fourth-order valence-corrected chi connectivity index (χ4v) is 3.11. The molecule has 1 fully saturated rings. The van der Waals surface area contributed by atoms with Crippen molar-refractivity contribution in [3.05, 3.63) is 0 Å². The molecule has 0 unspecified atom stereocenters. The zero-order chi connectivity index (χ0) is 9.95. The first-order chi connectivity index (χ1) is 6.04. The van der Waals surface area contributed by atoms with Gasteiger partial charge in [-0.15, -0.1) is 0 Å². The highest BCUT2D eigenvalue weighted by Crippen LogP contribution is 2.46. The number of halogens is 1. The van der Waals surface area contributed by atoms with Crippen molar-refractivity contribution in [2.75, 3.05) is 17.6 Å². The number of hydrogen-bond acceptors (Lipinski definition) is 2. The maximum Gasteiger partial charge on any atom is 0.211 e. The molecular formula is C8H16BrNO2S. The molecule has 0 aromatic carbocycles. The number of alkyl halides is 1. The van der Waals surface area contributed by atoms with Gasteiger partial charge in [0.05, 0.1) is 5.75 Å². The molecule has 0 spiro atoms. The Morgan fingerprint density at radius 1 is 1.46 bits per heavy atom. The highest BCUT2D eigenvalue weighted by atomic mass is 79.9. The van der Waals surface area contributed by atoms with Gasteiger partial charge < -0.3 is 0 Å². The molecule has 0 heterocycles. The van der Waals surface area contributed by atoms with Crippen LogP contribution in [0.1, 0.15) is 26.2 Å². The molecule has 0 atom stereocenters. The fraction of sp³-hybridized carbons (Fsp3) is 1.00. The van der Waals surface area contributed by atoms with Gasteiger partial charge in [-0.2, -0.15) is 0 Å². The first kappa shape index (κ1) is 11.5. The van der Waals surface area contributed by atoms with Gasteiger partial charge in [0.1, 0.15) is 0 Å². The summed E-state index contributed by atoms with van der Waals surface area (Å²) in [4.78, 5) is 0. The van der Waals surface area contributed by atoms with Crippen molar-refractivity contribution in [1.82, 2.24) is 4.72 Å². The van der Waals surface area contributed by atoms with Crippen molar-refractivity contribution >= 4 is 26.0 Å². The lowest BCUT2D eigenvalue weighted by Gasteiger charge is -2.12. The van der Waals surface area contributed by atoms with Crippen LogP contribution in [0, 0.1) is 5.41 Å². The van der Waals surface area contributed by atoms with Crippen molar-refractivity contribution in [1.29, 1.82) is 0 Å². The van der Waals surface area contributed by atoms with E-state index in [4.69, 9.17) is 0 Å². The Morgan fingerprint density at radius 3 is 2.46 bits per heavy atom. The van der Waals surface area contributed by atoms with Crippen LogP contribution < -0.4 is 4.72 Å². The molecule has 1 aliphatic carbocycles. The standard InChI is InChI=1S/C8H16BrNO2S/c1-2-5-13(11,12)10-7-8(6-9)3-4-8/h10H,2-7H2,1H3. The van der Waals surface area contributed by atoms with Crippen LogP contribution in [-0.4, -0.2) is 26.0 Å². The Bertz CT molecular complexity index is 259. The zero-order valence-electron chi connectivity index (χ0n) is 7.85. The summed E-state index contributed by atoms with van der Waals surface area (Å²) >= 11 is 3.41. The molecule has 0 amide bonds. The van der Waals surface area contributed by atoms with Crippen LogP contribution in [0.2, 0.25) is 0 Å². The summed E-state index contributed by atoms with van der Waals surface area (Å²) in [6.07, 6.45) is 2.94. The Kier molecular flexibility index (Phi) is 3.77. The van der Waals surface area contributed by atoms with E-state index in [9.17, 15) is 8.42 Å². The molecule has 13 heavy (non-hydrogen) atoms. The van der Waals surface area contributed by atoms with Crippen molar-refractivity contribution in [2.45, 2.75) is 26.2 Å². The minimum absolute atomic E-state index is 0.223. The van der Waals surface area contributed by atoms with Crippen molar-refractivity contribution in [3.63, 3.8) is 0 Å². The van der Waals surface area contributed by atoms with Crippen LogP contribution in [0.3, 0.4) is 0 Å². The topological polar surface area (TPSA) is 46.2 Å². The number of rotatable bonds is 6. The summed E-state index contributed by atoms with van der Waals surface area (Å²) in [5.74, 6) is 0.241. The Morgan fingerprint density at radius 2 is 2.08 bits per heavy atom. The summed E-state index contributed by atoms with van der Waals surface area (Å²) in [5, 5.41) is 0.897. The second-order valence-electron chi connectivity index (χ2n) is 3.77. The minimum Gasteiger partial charge on any atom is -0.215 e. The smallest absolute Gasteiger partial charge is 0.211 e. The van der Waals surface area contributed by atoms with E-state index in [0.29, 0.717) is 13.0 Å². The van der Waals surface area contributed by atoms with E-state index in [0.717, 1.165) is 18.2 Å². The normalized spacial score (nSPS) is 20.2. The summed E-state index contributed by atoms with van der Waals surface area (Å²) in [6.45, 7) is 2.47. The van der Waals surface area contributed by atoms with E-state index < -0.39 is 10.0 Å². The van der Waals surface area contributed by atoms with Gasteiger partial charge in [-0.1, -0.05) is 22.9 Å². The SMILES string of the molecule is CCCS(=O)(=O)NCC1(CBr)CC1. The Hall–Kier alpha value is 0.390. The van der Waals surface area contributed by atoms with Gasteiger partial charge >= 0.3 is 0 Å². The summed E-state index contributed by atoms with van der Waals surface area (Å²) in [7, 11) is -3.01. The monoisotopic (exact) mass is 269 g/mol. The fourth-order valence-electron chi connectivity index (χ4n) is 1.14. The molecule has 1 saturated carbocycles. The lowest BCUT2D eigenvalue weighted by atomic mass is 10.1. The predicted molar refractivity (Wildman–Crippen MR) is 57.5 cm³/mol. The average Bonchev–Trinajstić information content (AvgIpc) is 2.82. The van der Waals surface area contributed by atoms with Gasteiger partial charge in [0, 0.05) is 11.9 Å². The highest BCUT2D eigenvalue weighted by molar-refractivity contribution is 9.09. The van der Waals surface area contributed by atoms with Crippen molar-refractivity contribution < 1.29 is 8.42 Å². The summed E-state index contributed by atoms with van der Waals surface area (Å²) in [5.41, 5.74) is 0.223. The molecule has 0 aromatic rings. The van der Waals surface area contributed by atoms with Crippen LogP contribution in [0.15, 0.2) is 0 Å². The molecule has 0 bridgehead atoms. The molecule has 0 radical (unpaired) electrons. The first-order valence-electron chi connectivity index (χ1n) is 4.57. The Labute approximate surface area is 88.5 Å². The van der Waals surface area contributed by atoms with Crippen molar-refractivity contribution in [3.8, 4) is 0 Å². The summed E-state index contributed by atoms with van der Waals surface area (Å²) in [6, 6.07) is 0. The van der Waals surface area contributed by atoms with E-state index in [-0.39, 0.29) is 11.2 Å². The van der Waals surface area contributed by atoms with Crippen molar-refractivity contribution in [2.24, 2.45) is 5.41 Å². The molecule has 0 aliphatic heterocycles. The Balaban J connectivity index is 2.33. The highest BCUT2D eigenvalue weighted by Gasteiger charge is 2.41. The van der Waals surface area contributed by atoms with Gasteiger partial charge in [0.15, 0.2) is 0 Å². The zero-order valence-corrected chi connectivity index (χ0v) is 10.2. The van der Waals surface area contributed by atoms with E-state index in [1.165, 1.54) is 0 Å². The molecule has 1 N–H and O–H groups in total. The van der Waals surface area contributed by atoms with Gasteiger partial charge in [0.25, 0.3) is 0 Å². The van der Waals surface area contributed by atoms with E-state index in [1.54, 1.807) is 0 Å². The second kappa shape index (κ2) is 4.28. The minimum atomic E-state index is -3.01. The van der Waals surface area contributed by atoms with Crippen LogP contribution >= 0.6 is 15.9 Å². The maximum absolute atomic E-state index is 11.3. The molecule has 3 nitrogen and oxygen atoms in total. The lowest BCUT2D eigenvalue weighted by molar-refractivity contribution is 0.537. The third kappa shape index (κ3) is 3.56. The van der Waals surface area contributed by atoms with E-state index in [2.05, 4.69) is 20.7 Å². The van der Waals surface area contributed by atoms with Crippen LogP contribution in [-0.2, 0) is 10.0 Å². The quantitative estimate of drug-likeness (QED) is 0.743. The largest absolute Gasteiger partial charge is 0.215 e. The van der Waals surface area contributed by atoms with Gasteiger partial charge in [-0.05, 0) is 24.7 Å². The van der Waals surface area contributed by atoms with Gasteiger partial charge in [-0.25, -0.2) is 13.1 Å². The van der Waals surface area contributed by atoms with Crippen LogP contribution in [0.25, 0.3) is 0 Å². The predicted octanol–water partition coefficient (Wildman–Crippen LogP) is 1.49. The van der Waals surface area contributed by atoms with Gasteiger partial charge in [-0.3, -0.25) is 0 Å². The maximum atomic E-state index is 11.3. The van der Waals surface area contributed by atoms with Crippen LogP contribution in [0.5, 0.6) is 0 Å². The van der Waals surface area contributed by atoms with Crippen LogP contribution in [0.4, 0.5) is 0 Å². The second-order valence-corrected chi connectivity index (χ2v) is 6.26. The molecule has 5 heteroatoms. The molecule has 1 rings (SSSR count). The third-order valence-corrected chi connectivity index (χ3v) is 5.10. The number of hydrogen-bond donors (Lipinski definition) is 1. The molecular weight excluding hydrogens is 254 g/mol. The first-order valence-corrected chi connectivity index (χ1v) is 7.34. The molecule has 0 aromatic heterocycles. The van der Waals surface area contributed by atoms with E-state index in [1.807, 2.05) is 6.92 Å². The summed E-state index contributed by atoms with van der Waals surface area (Å²) < 4.78 is 25.2. The number of nitrogens with one attached hydrogen (secondary N) is 1. The van der Waals surface area contributed by atoms with E-state index >= 15 is 0 Å². The van der Waals surface area contributed by atoms with Gasteiger partial charge in [0.2, 0.25) is 10.0 Å². The molecule has 0 saturated heterocycles. The average molecular weight is 270 g/mol. The third-order valence-electron chi connectivity index (χ3n) is 2.38. The number of sulfonamides is 1. The molecule has 78 valence electrons.